The van der Waals surface area contributed by atoms with Crippen LogP contribution in [0.3, 0.4) is 0 Å². The number of nitrogens with zero attached hydrogens (tertiary/aromatic N) is 4. The summed E-state index contributed by atoms with van der Waals surface area (Å²) in [7, 11) is -4.07. The number of likely N-dealkylation sites (tertiary alicyclic amines) is 1. The van der Waals surface area contributed by atoms with Crippen LogP contribution in [0.15, 0.2) is 35.6 Å². The molecular weight excluding hydrogens is 420 g/mol. The summed E-state index contributed by atoms with van der Waals surface area (Å²) in [6, 6.07) is 3.68. The summed E-state index contributed by atoms with van der Waals surface area (Å²) >= 11 is 0.909. The molecule has 154 valence electrons. The number of aromatic nitrogens is 4. The van der Waals surface area contributed by atoms with Gasteiger partial charge in [0, 0.05) is 18.3 Å². The molecule has 0 bridgehead atoms. The van der Waals surface area contributed by atoms with Crippen molar-refractivity contribution in [1.82, 2.24) is 24.5 Å². The third kappa shape index (κ3) is 4.36. The Morgan fingerprint density at radius 1 is 1.24 bits per heavy atom. The zero-order valence-electron chi connectivity index (χ0n) is 15.4. The van der Waals surface area contributed by atoms with Gasteiger partial charge in [0.25, 0.3) is 0 Å². The molecule has 1 atom stereocenters. The Labute approximate surface area is 170 Å². The van der Waals surface area contributed by atoms with Crippen LogP contribution >= 0.6 is 11.5 Å². The third-order valence-electron chi connectivity index (χ3n) is 5.02. The molecule has 0 unspecified atom stereocenters. The van der Waals surface area contributed by atoms with Gasteiger partial charge in [0.05, 0.1) is 11.7 Å². The lowest BCUT2D eigenvalue weighted by Gasteiger charge is -2.35. The van der Waals surface area contributed by atoms with Gasteiger partial charge in [-0.3, -0.25) is 10.00 Å². The lowest BCUT2D eigenvalue weighted by atomic mass is 9.98. The van der Waals surface area contributed by atoms with Crippen molar-refractivity contribution in [2.24, 2.45) is 0 Å². The van der Waals surface area contributed by atoms with Gasteiger partial charge in [0.2, 0.25) is 0 Å². The molecule has 11 heteroatoms. The molecular formula is C18H19F2N5O2S2. The van der Waals surface area contributed by atoms with E-state index < -0.39 is 32.1 Å². The van der Waals surface area contributed by atoms with Crippen molar-refractivity contribution in [2.75, 3.05) is 6.54 Å². The van der Waals surface area contributed by atoms with E-state index in [1.165, 1.54) is 6.33 Å². The highest BCUT2D eigenvalue weighted by Gasteiger charge is 2.28. The number of aromatic amines is 1. The Morgan fingerprint density at radius 2 is 2.10 bits per heavy atom. The van der Waals surface area contributed by atoms with Crippen LogP contribution in [0.25, 0.3) is 0 Å². The average molecular weight is 440 g/mol. The second-order valence-electron chi connectivity index (χ2n) is 6.96. The molecule has 0 amide bonds. The topological polar surface area (TPSA) is 91.8 Å². The van der Waals surface area contributed by atoms with Crippen LogP contribution in [-0.2, 0) is 22.1 Å². The van der Waals surface area contributed by atoms with E-state index in [-0.39, 0.29) is 23.2 Å². The van der Waals surface area contributed by atoms with Crippen LogP contribution in [0.1, 0.15) is 41.6 Å². The fraction of sp³-hybridized carbons (Fsp3) is 0.389. The van der Waals surface area contributed by atoms with Gasteiger partial charge in [-0.1, -0.05) is 6.42 Å². The number of halogens is 2. The summed E-state index contributed by atoms with van der Waals surface area (Å²) < 4.78 is 58.1. The van der Waals surface area contributed by atoms with Gasteiger partial charge in [0.1, 0.15) is 33.6 Å². The number of sulfone groups is 1. The van der Waals surface area contributed by atoms with Crippen molar-refractivity contribution in [1.29, 1.82) is 0 Å². The minimum atomic E-state index is -4.07. The van der Waals surface area contributed by atoms with E-state index in [1.54, 1.807) is 6.20 Å². The molecule has 29 heavy (non-hydrogen) atoms. The van der Waals surface area contributed by atoms with E-state index in [4.69, 9.17) is 0 Å². The molecule has 0 spiro atoms. The first-order valence-corrected chi connectivity index (χ1v) is 11.6. The minimum Gasteiger partial charge on any atom is -0.290 e. The third-order valence-corrected chi connectivity index (χ3v) is 7.50. The van der Waals surface area contributed by atoms with Gasteiger partial charge in [0.15, 0.2) is 9.84 Å². The Hall–Kier alpha value is -2.24. The summed E-state index contributed by atoms with van der Waals surface area (Å²) in [5.41, 5.74) is 1.06. The molecule has 0 aliphatic carbocycles. The van der Waals surface area contributed by atoms with Gasteiger partial charge >= 0.3 is 0 Å². The Bertz CT molecular complexity index is 1070. The minimum absolute atomic E-state index is 0.0366. The van der Waals surface area contributed by atoms with E-state index in [9.17, 15) is 17.2 Å². The monoisotopic (exact) mass is 439 g/mol. The fourth-order valence-electron chi connectivity index (χ4n) is 3.63. The predicted octanol–water partition coefficient (Wildman–Crippen LogP) is 3.24. The molecule has 3 aromatic rings. The summed E-state index contributed by atoms with van der Waals surface area (Å²) in [6.07, 6.45) is 5.79. The van der Waals surface area contributed by atoms with Gasteiger partial charge in [-0.15, -0.1) is 0 Å². The van der Waals surface area contributed by atoms with E-state index in [0.717, 1.165) is 55.2 Å². The van der Waals surface area contributed by atoms with Crippen LogP contribution < -0.4 is 0 Å². The Balaban J connectivity index is 1.58. The van der Waals surface area contributed by atoms with E-state index in [1.807, 2.05) is 6.07 Å². The molecule has 2 aromatic heterocycles. The van der Waals surface area contributed by atoms with Crippen LogP contribution in [-0.4, -0.2) is 39.4 Å². The highest BCUT2D eigenvalue weighted by Crippen LogP contribution is 2.32. The SMILES string of the molecule is O=S(=O)(Cc1ncns1)c1cc(F)c(CN2CCCC[C@H]2c2ccn[nH]2)cc1F. The predicted molar refractivity (Wildman–Crippen MR) is 103 cm³/mol. The van der Waals surface area contributed by atoms with Crippen molar-refractivity contribution in [3.05, 3.63) is 58.6 Å². The average Bonchev–Trinajstić information content (AvgIpc) is 3.38. The van der Waals surface area contributed by atoms with Crippen molar-refractivity contribution in [2.45, 2.75) is 42.5 Å². The Kier molecular flexibility index (Phi) is 5.70. The number of hydrogen-bond acceptors (Lipinski definition) is 7. The van der Waals surface area contributed by atoms with Crippen molar-refractivity contribution >= 4 is 21.4 Å². The molecule has 4 rings (SSSR count). The van der Waals surface area contributed by atoms with Crippen molar-refractivity contribution in [3.63, 3.8) is 0 Å². The maximum absolute atomic E-state index is 14.8. The van der Waals surface area contributed by atoms with Gasteiger partial charge in [-0.2, -0.15) is 9.47 Å². The molecule has 1 saturated heterocycles. The second kappa shape index (κ2) is 8.25. The molecule has 1 fully saturated rings. The van der Waals surface area contributed by atoms with E-state index in [0.29, 0.717) is 0 Å². The molecule has 1 aromatic carbocycles. The quantitative estimate of drug-likeness (QED) is 0.634. The first-order chi connectivity index (χ1) is 13.9. The first kappa shape index (κ1) is 20.0. The smallest absolute Gasteiger partial charge is 0.187 e. The number of nitrogens with one attached hydrogen (secondary N) is 1. The second-order valence-corrected chi connectivity index (χ2v) is 9.78. The standard InChI is InChI=1S/C18H19F2N5O2S2/c19-13-8-17(29(26,27)10-18-21-11-23-28-18)14(20)7-12(13)9-25-6-2-1-3-16(25)15-4-5-22-24-15/h4-5,7-8,11,16H,1-3,6,9-10H2,(H,22,24)/t16-/m0/s1. The summed E-state index contributed by atoms with van der Waals surface area (Å²) in [5.74, 6) is -2.21. The van der Waals surface area contributed by atoms with Crippen LogP contribution in [0.5, 0.6) is 0 Å². The number of hydrogen-bond donors (Lipinski definition) is 1. The number of H-pyrrole nitrogens is 1. The van der Waals surface area contributed by atoms with E-state index in [2.05, 4.69) is 24.5 Å². The van der Waals surface area contributed by atoms with Gasteiger partial charge in [-0.05, 0) is 49.1 Å². The van der Waals surface area contributed by atoms with E-state index >= 15 is 0 Å². The van der Waals surface area contributed by atoms with Crippen molar-refractivity contribution in [3.8, 4) is 0 Å². The number of rotatable bonds is 6. The number of piperidine rings is 1. The molecule has 1 aliphatic heterocycles. The highest BCUT2D eigenvalue weighted by atomic mass is 32.2. The van der Waals surface area contributed by atoms with Crippen LogP contribution in [0.2, 0.25) is 0 Å². The zero-order chi connectivity index (χ0) is 20.4. The largest absolute Gasteiger partial charge is 0.290 e. The van der Waals surface area contributed by atoms with Gasteiger partial charge < -0.3 is 0 Å². The molecule has 7 nitrogen and oxygen atoms in total. The van der Waals surface area contributed by atoms with Crippen molar-refractivity contribution < 1.29 is 17.2 Å². The first-order valence-electron chi connectivity index (χ1n) is 9.13. The van der Waals surface area contributed by atoms with Gasteiger partial charge in [-0.25, -0.2) is 22.2 Å². The highest BCUT2D eigenvalue weighted by molar-refractivity contribution is 7.90. The summed E-state index contributed by atoms with van der Waals surface area (Å²) in [4.78, 5) is 5.21. The maximum atomic E-state index is 14.8. The lowest BCUT2D eigenvalue weighted by Crippen LogP contribution is -2.33. The molecule has 1 N–H and O–H groups in total. The molecule has 0 radical (unpaired) electrons. The molecule has 0 saturated carbocycles. The normalized spacial score (nSPS) is 18.2. The molecule has 1 aliphatic rings. The van der Waals surface area contributed by atoms with Crippen LogP contribution in [0, 0.1) is 11.6 Å². The summed E-state index contributed by atoms with van der Waals surface area (Å²) in [6.45, 7) is 0.922. The summed E-state index contributed by atoms with van der Waals surface area (Å²) in [5, 5.41) is 7.15. The molecule has 3 heterocycles. The fourth-order valence-corrected chi connectivity index (χ4v) is 5.81. The lowest BCUT2D eigenvalue weighted by molar-refractivity contribution is 0.135. The zero-order valence-corrected chi connectivity index (χ0v) is 17.0. The Morgan fingerprint density at radius 3 is 2.83 bits per heavy atom. The van der Waals surface area contributed by atoms with Crippen LogP contribution in [0.4, 0.5) is 8.78 Å². The number of benzene rings is 1. The maximum Gasteiger partial charge on any atom is 0.187 e.